The summed E-state index contributed by atoms with van der Waals surface area (Å²) in [7, 11) is 0. The van der Waals surface area contributed by atoms with E-state index in [1.807, 2.05) is 17.0 Å². The molecule has 5 fully saturated rings. The van der Waals surface area contributed by atoms with E-state index in [-0.39, 0.29) is 22.9 Å². The minimum atomic E-state index is -0.0579. The second kappa shape index (κ2) is 9.90. The lowest BCUT2D eigenvalue weighted by Gasteiger charge is -2.56. The minimum Gasteiger partial charge on any atom is -0.368 e. The van der Waals surface area contributed by atoms with Crippen LogP contribution in [-0.4, -0.2) is 48.6 Å². The maximum Gasteiger partial charge on any atom is 0.319 e. The first-order chi connectivity index (χ1) is 17.1. The number of hydrogen-bond acceptors (Lipinski definition) is 3. The maximum absolute atomic E-state index is 12.9. The van der Waals surface area contributed by atoms with E-state index in [1.54, 1.807) is 0 Å². The molecule has 1 aromatic carbocycles. The number of benzene rings is 1. The van der Waals surface area contributed by atoms with E-state index >= 15 is 0 Å². The predicted octanol–water partition coefficient (Wildman–Crippen LogP) is 5.89. The van der Waals surface area contributed by atoms with Gasteiger partial charge in [-0.15, -0.1) is 0 Å². The summed E-state index contributed by atoms with van der Waals surface area (Å²) in [5.74, 6) is 3.15. The highest BCUT2D eigenvalue weighted by atomic mass is 16.2. The average molecular weight is 495 g/mol. The Bertz CT molecular complexity index is 907. The van der Waals surface area contributed by atoms with Gasteiger partial charge in [0.25, 0.3) is 0 Å². The third kappa shape index (κ3) is 6.00. The van der Waals surface area contributed by atoms with Gasteiger partial charge in [-0.2, -0.15) is 0 Å². The van der Waals surface area contributed by atoms with Crippen LogP contribution in [0.1, 0.15) is 79.1 Å². The summed E-state index contributed by atoms with van der Waals surface area (Å²) < 4.78 is 0. The molecule has 2 N–H and O–H groups in total. The van der Waals surface area contributed by atoms with E-state index in [2.05, 4.69) is 55.4 Å². The number of carbonyl (C=O) groups excluding carboxylic acids is 2. The van der Waals surface area contributed by atoms with E-state index in [9.17, 15) is 9.59 Å². The summed E-state index contributed by atoms with van der Waals surface area (Å²) in [4.78, 5) is 30.0. The third-order valence-electron chi connectivity index (χ3n) is 9.02. The molecule has 0 spiro atoms. The highest BCUT2D eigenvalue weighted by molar-refractivity contribution is 5.90. The van der Waals surface area contributed by atoms with Gasteiger partial charge in [-0.25, -0.2) is 4.79 Å². The van der Waals surface area contributed by atoms with E-state index in [0.29, 0.717) is 12.3 Å². The van der Waals surface area contributed by atoms with Crippen molar-refractivity contribution in [2.75, 3.05) is 36.4 Å². The lowest BCUT2D eigenvalue weighted by atomic mass is 9.53. The lowest BCUT2D eigenvalue weighted by molar-refractivity contribution is -0.132. The average Bonchev–Trinajstić information content (AvgIpc) is 2.77. The maximum atomic E-state index is 12.9. The van der Waals surface area contributed by atoms with Crippen molar-refractivity contribution in [3.8, 4) is 0 Å². The smallest absolute Gasteiger partial charge is 0.319 e. The summed E-state index contributed by atoms with van der Waals surface area (Å²) >= 11 is 0. The molecule has 4 saturated carbocycles. The van der Waals surface area contributed by atoms with Crippen molar-refractivity contribution in [1.29, 1.82) is 0 Å². The Morgan fingerprint density at radius 2 is 1.50 bits per heavy atom. The summed E-state index contributed by atoms with van der Waals surface area (Å²) in [6.45, 7) is 12.1. The van der Waals surface area contributed by atoms with Crippen molar-refractivity contribution in [1.82, 2.24) is 10.2 Å². The number of nitrogens with zero attached hydrogens (tertiary/aromatic N) is 2. The predicted molar refractivity (Wildman–Crippen MR) is 146 cm³/mol. The van der Waals surface area contributed by atoms with Crippen molar-refractivity contribution < 1.29 is 9.59 Å². The molecular weight excluding hydrogens is 448 g/mol. The number of urea groups is 1. The third-order valence-corrected chi connectivity index (χ3v) is 9.02. The summed E-state index contributed by atoms with van der Waals surface area (Å²) in [6, 6.07) is 8.12. The van der Waals surface area contributed by atoms with Crippen molar-refractivity contribution in [2.45, 2.75) is 84.6 Å². The molecule has 0 radical (unpaired) electrons. The fourth-order valence-electron chi connectivity index (χ4n) is 8.18. The Morgan fingerprint density at radius 3 is 2.03 bits per heavy atom. The molecule has 198 valence electrons. The van der Waals surface area contributed by atoms with Gasteiger partial charge >= 0.3 is 6.03 Å². The van der Waals surface area contributed by atoms with Crippen LogP contribution in [0.15, 0.2) is 24.3 Å². The summed E-state index contributed by atoms with van der Waals surface area (Å²) in [5.41, 5.74) is 2.27. The largest absolute Gasteiger partial charge is 0.368 e. The molecule has 5 aliphatic rings. The van der Waals surface area contributed by atoms with Crippen molar-refractivity contribution in [3.05, 3.63) is 24.3 Å². The van der Waals surface area contributed by atoms with Crippen LogP contribution in [0, 0.1) is 29.1 Å². The van der Waals surface area contributed by atoms with Gasteiger partial charge in [0.15, 0.2) is 0 Å². The molecule has 1 atom stereocenters. The van der Waals surface area contributed by atoms with Crippen LogP contribution < -0.4 is 15.5 Å². The SMILES string of the molecule is CC(CC(=O)N1CCN(c2ccc(NC(=O)NC34CC5CC(CC(C5)C3)C4)cc2)CC1)CC(C)(C)C. The molecule has 4 bridgehead atoms. The molecule has 1 heterocycles. The zero-order valence-corrected chi connectivity index (χ0v) is 22.8. The molecule has 1 saturated heterocycles. The van der Waals surface area contributed by atoms with Gasteiger partial charge in [0, 0.05) is 49.5 Å². The van der Waals surface area contributed by atoms with Crippen LogP contribution >= 0.6 is 0 Å². The monoisotopic (exact) mass is 494 g/mol. The molecular formula is C30H46N4O2. The number of hydrogen-bond donors (Lipinski definition) is 2. The zero-order chi connectivity index (χ0) is 25.5. The fraction of sp³-hybridized carbons (Fsp3) is 0.733. The van der Waals surface area contributed by atoms with Crippen LogP contribution in [0.25, 0.3) is 0 Å². The van der Waals surface area contributed by atoms with Gasteiger partial charge < -0.3 is 20.4 Å². The highest BCUT2D eigenvalue weighted by Gasteiger charge is 2.51. The number of rotatable bonds is 6. The van der Waals surface area contributed by atoms with Gasteiger partial charge in [-0.3, -0.25) is 4.79 Å². The molecule has 0 aromatic heterocycles. The topological polar surface area (TPSA) is 64.7 Å². The number of carbonyl (C=O) groups is 2. The number of amides is 3. The van der Waals surface area contributed by atoms with E-state index < -0.39 is 0 Å². The van der Waals surface area contributed by atoms with Gasteiger partial charge in [0.2, 0.25) is 5.91 Å². The van der Waals surface area contributed by atoms with E-state index in [4.69, 9.17) is 0 Å². The first-order valence-electron chi connectivity index (χ1n) is 14.3. The Hall–Kier alpha value is -2.24. The number of nitrogens with one attached hydrogen (secondary N) is 2. The molecule has 6 rings (SSSR count). The molecule has 3 amide bonds. The molecule has 36 heavy (non-hydrogen) atoms. The molecule has 1 aromatic rings. The van der Waals surface area contributed by atoms with Crippen molar-refractivity contribution >= 4 is 23.3 Å². The quantitative estimate of drug-likeness (QED) is 0.518. The Labute approximate surface area is 217 Å². The molecule has 6 nitrogen and oxygen atoms in total. The standard InChI is InChI=1S/C30H46N4O2/c1-21(17-29(2,3)4)13-27(35)34-11-9-33(10-12-34)26-7-5-25(6-8-26)31-28(36)32-30-18-22-14-23(19-30)16-24(15-22)20-30/h5-8,21-24H,9-20H2,1-4H3,(H2,31,32,36). The van der Waals surface area contributed by atoms with E-state index in [0.717, 1.165) is 81.0 Å². The zero-order valence-electron chi connectivity index (χ0n) is 22.8. The van der Waals surface area contributed by atoms with Crippen LogP contribution in [0.5, 0.6) is 0 Å². The van der Waals surface area contributed by atoms with Gasteiger partial charge in [0.1, 0.15) is 0 Å². The Morgan fingerprint density at radius 1 is 0.944 bits per heavy atom. The minimum absolute atomic E-state index is 0.0282. The Kier molecular flexibility index (Phi) is 6.99. The normalized spacial score (nSPS) is 30.3. The van der Waals surface area contributed by atoms with Crippen molar-refractivity contribution in [2.24, 2.45) is 29.1 Å². The number of piperazine rings is 1. The number of anilines is 2. The van der Waals surface area contributed by atoms with Crippen LogP contribution in [0.2, 0.25) is 0 Å². The van der Waals surface area contributed by atoms with Crippen LogP contribution in [0.4, 0.5) is 16.2 Å². The van der Waals surface area contributed by atoms with Gasteiger partial charge in [-0.05, 0) is 98.3 Å². The van der Waals surface area contributed by atoms with Crippen LogP contribution in [-0.2, 0) is 4.79 Å². The first-order valence-corrected chi connectivity index (χ1v) is 14.3. The summed E-state index contributed by atoms with van der Waals surface area (Å²) in [6.07, 6.45) is 9.33. The Balaban J connectivity index is 1.08. The molecule has 6 heteroatoms. The van der Waals surface area contributed by atoms with Gasteiger partial charge in [0.05, 0.1) is 0 Å². The first kappa shape index (κ1) is 25.4. The van der Waals surface area contributed by atoms with E-state index in [1.165, 1.54) is 19.3 Å². The summed E-state index contributed by atoms with van der Waals surface area (Å²) in [5, 5.41) is 6.48. The van der Waals surface area contributed by atoms with Crippen molar-refractivity contribution in [3.63, 3.8) is 0 Å². The van der Waals surface area contributed by atoms with Crippen LogP contribution in [0.3, 0.4) is 0 Å². The fourth-order valence-corrected chi connectivity index (χ4v) is 8.18. The molecule has 4 aliphatic carbocycles. The highest BCUT2D eigenvalue weighted by Crippen LogP contribution is 2.55. The van der Waals surface area contributed by atoms with Gasteiger partial charge in [-0.1, -0.05) is 27.7 Å². The second-order valence-electron chi connectivity index (χ2n) is 13.8. The molecule has 1 aliphatic heterocycles. The lowest BCUT2D eigenvalue weighted by Crippen LogP contribution is -2.60. The molecule has 1 unspecified atom stereocenters. The second-order valence-corrected chi connectivity index (χ2v) is 13.8.